The maximum absolute atomic E-state index is 13.1. The maximum atomic E-state index is 13.1. The Morgan fingerprint density at radius 2 is 1.89 bits per heavy atom. The number of benzene rings is 1. The van der Waals surface area contributed by atoms with Gasteiger partial charge in [0.15, 0.2) is 0 Å². The molecule has 0 spiro atoms. The summed E-state index contributed by atoms with van der Waals surface area (Å²) in [4.78, 5) is 2.26. The monoisotopic (exact) mass is 268 g/mol. The molecule has 106 valence electrons. The highest BCUT2D eigenvalue weighted by Crippen LogP contribution is 2.27. The van der Waals surface area contributed by atoms with Gasteiger partial charge in [0.1, 0.15) is 11.6 Å². The molecule has 0 amide bonds. The van der Waals surface area contributed by atoms with E-state index < -0.39 is 11.6 Å². The third-order valence-corrected chi connectivity index (χ3v) is 3.93. The van der Waals surface area contributed by atoms with Crippen molar-refractivity contribution in [2.75, 3.05) is 20.1 Å². The minimum Gasteiger partial charge on any atom is -0.324 e. The van der Waals surface area contributed by atoms with Crippen LogP contribution in [0.15, 0.2) is 18.2 Å². The van der Waals surface area contributed by atoms with Gasteiger partial charge in [0.05, 0.1) is 0 Å². The van der Waals surface area contributed by atoms with Crippen molar-refractivity contribution < 1.29 is 8.78 Å². The molecule has 1 atom stereocenters. The lowest BCUT2D eigenvalue weighted by Gasteiger charge is -2.30. The lowest BCUT2D eigenvalue weighted by Crippen LogP contribution is -2.31. The summed E-state index contributed by atoms with van der Waals surface area (Å²) >= 11 is 0. The summed E-state index contributed by atoms with van der Waals surface area (Å²) in [6, 6.07) is 3.20. The van der Waals surface area contributed by atoms with Crippen molar-refractivity contribution in [3.8, 4) is 0 Å². The van der Waals surface area contributed by atoms with Gasteiger partial charge in [-0.05, 0) is 56.5 Å². The molecular weight excluding hydrogens is 246 g/mol. The summed E-state index contributed by atoms with van der Waals surface area (Å²) in [6.45, 7) is 1.96. The van der Waals surface area contributed by atoms with Crippen LogP contribution in [-0.2, 0) is 0 Å². The summed E-state index contributed by atoms with van der Waals surface area (Å²) in [7, 11) is 2.08. The Hall–Kier alpha value is -1.00. The Bertz CT molecular complexity index is 398. The molecule has 0 bridgehead atoms. The van der Waals surface area contributed by atoms with E-state index in [1.165, 1.54) is 31.4 Å². The van der Waals surface area contributed by atoms with E-state index in [1.807, 2.05) is 0 Å². The average molecular weight is 268 g/mol. The largest absolute Gasteiger partial charge is 0.324 e. The Balaban J connectivity index is 1.80. The molecule has 1 aromatic rings. The SMILES string of the molecule is CN(CCC(N)c1cc(F)cc(F)c1)CC1CCC1. The van der Waals surface area contributed by atoms with Crippen LogP contribution >= 0.6 is 0 Å². The summed E-state index contributed by atoms with van der Waals surface area (Å²) in [5.41, 5.74) is 6.53. The highest BCUT2D eigenvalue weighted by atomic mass is 19.1. The third-order valence-electron chi connectivity index (χ3n) is 3.93. The Morgan fingerprint density at radius 3 is 2.42 bits per heavy atom. The molecule has 0 heterocycles. The van der Waals surface area contributed by atoms with E-state index in [1.54, 1.807) is 0 Å². The zero-order valence-corrected chi connectivity index (χ0v) is 11.4. The summed E-state index contributed by atoms with van der Waals surface area (Å²) < 4.78 is 26.2. The lowest BCUT2D eigenvalue weighted by molar-refractivity contribution is 0.201. The quantitative estimate of drug-likeness (QED) is 0.859. The van der Waals surface area contributed by atoms with Gasteiger partial charge in [-0.15, -0.1) is 0 Å². The van der Waals surface area contributed by atoms with E-state index in [-0.39, 0.29) is 6.04 Å². The van der Waals surface area contributed by atoms with Crippen LogP contribution in [-0.4, -0.2) is 25.0 Å². The molecule has 0 radical (unpaired) electrons. The Labute approximate surface area is 113 Å². The number of halogens is 2. The van der Waals surface area contributed by atoms with Gasteiger partial charge >= 0.3 is 0 Å². The number of nitrogens with two attached hydrogens (primary N) is 1. The molecule has 1 aliphatic rings. The van der Waals surface area contributed by atoms with Crippen molar-refractivity contribution in [2.45, 2.75) is 31.7 Å². The van der Waals surface area contributed by atoms with Crippen molar-refractivity contribution in [3.05, 3.63) is 35.4 Å². The topological polar surface area (TPSA) is 29.3 Å². The predicted octanol–water partition coefficient (Wildman–Crippen LogP) is 3.09. The first-order valence-corrected chi connectivity index (χ1v) is 6.94. The molecular formula is C15H22F2N2. The smallest absolute Gasteiger partial charge is 0.126 e. The second kappa shape index (κ2) is 6.44. The van der Waals surface area contributed by atoms with Crippen LogP contribution in [0.5, 0.6) is 0 Å². The van der Waals surface area contributed by atoms with Crippen LogP contribution in [0, 0.1) is 17.6 Å². The fourth-order valence-corrected chi connectivity index (χ4v) is 2.52. The highest BCUT2D eigenvalue weighted by molar-refractivity contribution is 5.21. The van der Waals surface area contributed by atoms with Gasteiger partial charge < -0.3 is 10.6 Å². The second-order valence-electron chi connectivity index (χ2n) is 5.66. The van der Waals surface area contributed by atoms with Crippen molar-refractivity contribution in [3.63, 3.8) is 0 Å². The van der Waals surface area contributed by atoms with Gasteiger partial charge in [-0.3, -0.25) is 0 Å². The van der Waals surface area contributed by atoms with Gasteiger partial charge in [0.25, 0.3) is 0 Å². The van der Waals surface area contributed by atoms with Gasteiger partial charge in [0.2, 0.25) is 0 Å². The number of hydrogen-bond acceptors (Lipinski definition) is 2. The maximum Gasteiger partial charge on any atom is 0.126 e. The molecule has 1 saturated carbocycles. The van der Waals surface area contributed by atoms with Gasteiger partial charge in [-0.25, -0.2) is 8.78 Å². The van der Waals surface area contributed by atoms with E-state index in [2.05, 4.69) is 11.9 Å². The molecule has 4 heteroatoms. The molecule has 1 aliphatic carbocycles. The van der Waals surface area contributed by atoms with E-state index >= 15 is 0 Å². The molecule has 2 rings (SSSR count). The van der Waals surface area contributed by atoms with Gasteiger partial charge in [-0.1, -0.05) is 6.42 Å². The predicted molar refractivity (Wildman–Crippen MR) is 72.7 cm³/mol. The van der Waals surface area contributed by atoms with Crippen LogP contribution in [0.1, 0.15) is 37.3 Å². The molecule has 0 saturated heterocycles. The van der Waals surface area contributed by atoms with E-state index in [0.717, 1.165) is 25.1 Å². The number of hydrogen-bond donors (Lipinski definition) is 1. The molecule has 2 nitrogen and oxygen atoms in total. The third kappa shape index (κ3) is 4.25. The average Bonchev–Trinajstić information content (AvgIpc) is 2.29. The van der Waals surface area contributed by atoms with Crippen LogP contribution in [0.3, 0.4) is 0 Å². The zero-order valence-electron chi connectivity index (χ0n) is 11.4. The number of nitrogens with zero attached hydrogens (tertiary/aromatic N) is 1. The Morgan fingerprint density at radius 1 is 1.26 bits per heavy atom. The van der Waals surface area contributed by atoms with Gasteiger partial charge in [-0.2, -0.15) is 0 Å². The highest BCUT2D eigenvalue weighted by Gasteiger charge is 2.19. The molecule has 1 aromatic carbocycles. The molecule has 0 aromatic heterocycles. The van der Waals surface area contributed by atoms with Crippen LogP contribution in [0.4, 0.5) is 8.78 Å². The van der Waals surface area contributed by atoms with E-state index in [4.69, 9.17) is 5.73 Å². The standard InChI is InChI=1S/C15H22F2N2/c1-19(10-11-3-2-4-11)6-5-15(18)12-7-13(16)9-14(17)8-12/h7-9,11,15H,2-6,10,18H2,1H3. The summed E-state index contributed by atoms with van der Waals surface area (Å²) in [6.07, 6.45) is 4.71. The van der Waals surface area contributed by atoms with E-state index in [9.17, 15) is 8.78 Å². The number of rotatable bonds is 6. The molecule has 1 unspecified atom stereocenters. The minimum atomic E-state index is -0.562. The normalized spacial score (nSPS) is 17.5. The summed E-state index contributed by atoms with van der Waals surface area (Å²) in [5, 5.41) is 0. The molecule has 1 fully saturated rings. The first-order chi connectivity index (χ1) is 9.04. The molecule has 0 aliphatic heterocycles. The molecule has 19 heavy (non-hydrogen) atoms. The van der Waals surface area contributed by atoms with Crippen LogP contribution < -0.4 is 5.73 Å². The van der Waals surface area contributed by atoms with Gasteiger partial charge in [0, 0.05) is 18.7 Å². The molecule has 2 N–H and O–H groups in total. The van der Waals surface area contributed by atoms with E-state index in [0.29, 0.717) is 12.0 Å². The second-order valence-corrected chi connectivity index (χ2v) is 5.66. The van der Waals surface area contributed by atoms with Crippen LogP contribution in [0.2, 0.25) is 0 Å². The first kappa shape index (κ1) is 14.4. The summed E-state index contributed by atoms with van der Waals surface area (Å²) in [5.74, 6) is -0.297. The van der Waals surface area contributed by atoms with Crippen molar-refractivity contribution in [1.29, 1.82) is 0 Å². The zero-order chi connectivity index (χ0) is 13.8. The van der Waals surface area contributed by atoms with Crippen molar-refractivity contribution in [2.24, 2.45) is 11.7 Å². The minimum absolute atomic E-state index is 0.311. The fraction of sp³-hybridized carbons (Fsp3) is 0.600. The fourth-order valence-electron chi connectivity index (χ4n) is 2.52. The first-order valence-electron chi connectivity index (χ1n) is 6.94. The van der Waals surface area contributed by atoms with Crippen molar-refractivity contribution in [1.82, 2.24) is 4.90 Å². The van der Waals surface area contributed by atoms with Crippen molar-refractivity contribution >= 4 is 0 Å². The Kier molecular flexibility index (Phi) is 4.88. The lowest BCUT2D eigenvalue weighted by atomic mass is 9.85. The van der Waals surface area contributed by atoms with Crippen LogP contribution in [0.25, 0.3) is 0 Å².